The number of rotatable bonds is 8. The number of nitro groups is 1. The van der Waals surface area contributed by atoms with Crippen LogP contribution >= 0.6 is 0 Å². The molecule has 0 aliphatic rings. The van der Waals surface area contributed by atoms with Crippen molar-refractivity contribution in [3.8, 4) is 5.75 Å². The number of nitrogens with zero attached hydrogens (tertiary/aromatic N) is 1. The first kappa shape index (κ1) is 21.6. The summed E-state index contributed by atoms with van der Waals surface area (Å²) in [5.41, 5.74) is 1.18. The van der Waals surface area contributed by atoms with Gasteiger partial charge in [0.2, 0.25) is 5.78 Å². The molecular weight excluding hydrogens is 384 g/mol. The van der Waals surface area contributed by atoms with Crippen LogP contribution in [-0.4, -0.2) is 47.4 Å². The molecule has 0 radical (unpaired) electrons. The Kier molecular flexibility index (Phi) is 6.71. The molecule has 0 aliphatic carbocycles. The average Bonchev–Trinajstić information content (AvgIpc) is 2.99. The molecular formula is C19H20N2O8. The predicted octanol–water partition coefficient (Wildman–Crippen LogP) is 2.52. The number of ketones is 1. The van der Waals surface area contributed by atoms with Crippen LogP contribution in [0.1, 0.15) is 39.0 Å². The maximum Gasteiger partial charge on any atom is 0.344 e. The number of methoxy groups -OCH3 is 1. The minimum atomic E-state index is -1.12. The Balaban J connectivity index is 1.98. The number of ether oxygens (including phenoxy) is 3. The summed E-state index contributed by atoms with van der Waals surface area (Å²) in [6, 6.07) is 5.17. The molecule has 1 aromatic heterocycles. The summed E-state index contributed by atoms with van der Waals surface area (Å²) < 4.78 is 15.0. The number of non-ortho nitro benzene ring substituents is 1. The number of esters is 2. The highest BCUT2D eigenvalue weighted by molar-refractivity contribution is 6.03. The Morgan fingerprint density at radius 3 is 2.34 bits per heavy atom. The van der Waals surface area contributed by atoms with E-state index in [-0.39, 0.29) is 22.7 Å². The summed E-state index contributed by atoms with van der Waals surface area (Å²) in [5, 5.41) is 10.6. The van der Waals surface area contributed by atoms with Crippen LogP contribution in [0.4, 0.5) is 5.69 Å². The van der Waals surface area contributed by atoms with Gasteiger partial charge in [0.15, 0.2) is 12.7 Å². The zero-order valence-electron chi connectivity index (χ0n) is 16.3. The molecule has 0 amide bonds. The summed E-state index contributed by atoms with van der Waals surface area (Å²) >= 11 is 0. The fraction of sp³-hybridized carbons (Fsp3) is 0.316. The maximum atomic E-state index is 12.6. The number of carbonyl (C=O) groups is 3. The minimum Gasteiger partial charge on any atom is -0.482 e. The first-order valence-corrected chi connectivity index (χ1v) is 8.54. The molecule has 1 atom stereocenters. The van der Waals surface area contributed by atoms with E-state index < -0.39 is 35.4 Å². The number of aromatic amines is 1. The molecule has 0 bridgehead atoms. The van der Waals surface area contributed by atoms with Crippen molar-refractivity contribution in [2.45, 2.75) is 26.9 Å². The lowest BCUT2D eigenvalue weighted by atomic mass is 10.1. The van der Waals surface area contributed by atoms with E-state index in [1.54, 1.807) is 13.8 Å². The van der Waals surface area contributed by atoms with Gasteiger partial charge in [0.05, 0.1) is 23.3 Å². The molecule has 2 rings (SSSR count). The van der Waals surface area contributed by atoms with E-state index in [2.05, 4.69) is 4.98 Å². The quantitative estimate of drug-likeness (QED) is 0.306. The SMILES string of the molecule is COC(=O)c1c(C)[nH]c(C(=O)[C@@H](C)OC(=O)COc2ccc([N+](=O)[O-])cc2)c1C. The molecule has 10 nitrogen and oxygen atoms in total. The third kappa shape index (κ3) is 4.98. The lowest BCUT2D eigenvalue weighted by Crippen LogP contribution is -2.28. The van der Waals surface area contributed by atoms with Gasteiger partial charge in [0.1, 0.15) is 5.75 Å². The third-order valence-electron chi connectivity index (χ3n) is 4.16. The van der Waals surface area contributed by atoms with Crippen LogP contribution in [0.15, 0.2) is 24.3 Å². The van der Waals surface area contributed by atoms with E-state index >= 15 is 0 Å². The van der Waals surface area contributed by atoms with E-state index in [0.717, 1.165) is 0 Å². The highest BCUT2D eigenvalue weighted by Gasteiger charge is 2.27. The normalized spacial score (nSPS) is 11.4. The van der Waals surface area contributed by atoms with Crippen molar-refractivity contribution in [2.75, 3.05) is 13.7 Å². The minimum absolute atomic E-state index is 0.109. The van der Waals surface area contributed by atoms with Crippen molar-refractivity contribution in [3.63, 3.8) is 0 Å². The Hall–Kier alpha value is -3.69. The Labute approximate surface area is 165 Å². The van der Waals surface area contributed by atoms with Gasteiger partial charge in [-0.25, -0.2) is 9.59 Å². The van der Waals surface area contributed by atoms with Crippen LogP contribution in [0.5, 0.6) is 5.75 Å². The summed E-state index contributed by atoms with van der Waals surface area (Å²) in [6.07, 6.45) is -1.12. The van der Waals surface area contributed by atoms with Crippen LogP contribution in [0.25, 0.3) is 0 Å². The molecule has 0 aliphatic heterocycles. The van der Waals surface area contributed by atoms with E-state index in [4.69, 9.17) is 14.2 Å². The summed E-state index contributed by atoms with van der Waals surface area (Å²) in [4.78, 5) is 49.3. The number of hydrogen-bond acceptors (Lipinski definition) is 8. The number of benzene rings is 1. The van der Waals surface area contributed by atoms with Gasteiger partial charge in [0.25, 0.3) is 5.69 Å². The Bertz CT molecular complexity index is 946. The molecule has 154 valence electrons. The van der Waals surface area contributed by atoms with E-state index in [9.17, 15) is 24.5 Å². The topological polar surface area (TPSA) is 138 Å². The highest BCUT2D eigenvalue weighted by Crippen LogP contribution is 2.21. The highest BCUT2D eigenvalue weighted by atomic mass is 16.6. The van der Waals surface area contributed by atoms with Gasteiger partial charge in [-0.2, -0.15) is 0 Å². The van der Waals surface area contributed by atoms with Crippen molar-refractivity contribution in [1.82, 2.24) is 4.98 Å². The smallest absolute Gasteiger partial charge is 0.344 e. The van der Waals surface area contributed by atoms with Gasteiger partial charge >= 0.3 is 11.9 Å². The van der Waals surface area contributed by atoms with Gasteiger partial charge in [-0.1, -0.05) is 0 Å². The number of aromatic nitrogens is 1. The van der Waals surface area contributed by atoms with Gasteiger partial charge in [0, 0.05) is 17.8 Å². The van der Waals surface area contributed by atoms with E-state index in [0.29, 0.717) is 11.3 Å². The number of hydrogen-bond donors (Lipinski definition) is 1. The molecule has 0 fully saturated rings. The fourth-order valence-electron chi connectivity index (χ4n) is 2.70. The standard InChI is InChI=1S/C19H20N2O8/c1-10-16(19(24)27-4)11(2)20-17(10)18(23)12(3)29-15(22)9-28-14-7-5-13(6-8-14)21(25)26/h5-8,12,20H,9H2,1-4H3/t12-/m1/s1. The van der Waals surface area contributed by atoms with Crippen LogP contribution < -0.4 is 4.74 Å². The van der Waals surface area contributed by atoms with Crippen molar-refractivity contribution in [1.29, 1.82) is 0 Å². The van der Waals surface area contributed by atoms with Crippen molar-refractivity contribution in [2.24, 2.45) is 0 Å². The second-order valence-corrected chi connectivity index (χ2v) is 6.15. The zero-order chi connectivity index (χ0) is 21.7. The van der Waals surface area contributed by atoms with Gasteiger partial charge in [-0.3, -0.25) is 14.9 Å². The van der Waals surface area contributed by atoms with Gasteiger partial charge < -0.3 is 19.2 Å². The van der Waals surface area contributed by atoms with E-state index in [1.165, 1.54) is 38.3 Å². The first-order valence-electron chi connectivity index (χ1n) is 8.54. The summed E-state index contributed by atoms with van der Waals surface area (Å²) in [7, 11) is 1.24. The average molecular weight is 404 g/mol. The monoisotopic (exact) mass is 404 g/mol. The Morgan fingerprint density at radius 2 is 1.79 bits per heavy atom. The number of nitrogens with one attached hydrogen (secondary N) is 1. The summed E-state index contributed by atoms with van der Waals surface area (Å²) in [5.74, 6) is -1.63. The van der Waals surface area contributed by atoms with Crippen molar-refractivity contribution >= 4 is 23.4 Å². The van der Waals surface area contributed by atoms with Crippen molar-refractivity contribution in [3.05, 3.63) is 56.9 Å². The number of carbonyl (C=O) groups excluding carboxylic acids is 3. The number of nitro benzene ring substituents is 1. The van der Waals surface area contributed by atoms with Crippen LogP contribution in [0.2, 0.25) is 0 Å². The van der Waals surface area contributed by atoms with Crippen LogP contribution in [0, 0.1) is 24.0 Å². The molecule has 0 spiro atoms. The van der Waals surface area contributed by atoms with Crippen molar-refractivity contribution < 1.29 is 33.5 Å². The second kappa shape index (κ2) is 9.00. The zero-order valence-corrected chi connectivity index (χ0v) is 16.3. The second-order valence-electron chi connectivity index (χ2n) is 6.15. The summed E-state index contributed by atoms with van der Waals surface area (Å²) in [6.45, 7) is 4.14. The first-order chi connectivity index (χ1) is 13.6. The van der Waals surface area contributed by atoms with Crippen LogP contribution in [0.3, 0.4) is 0 Å². The molecule has 1 aromatic carbocycles. The molecule has 2 aromatic rings. The molecule has 29 heavy (non-hydrogen) atoms. The lowest BCUT2D eigenvalue weighted by molar-refractivity contribution is -0.384. The molecule has 1 N–H and O–H groups in total. The molecule has 0 saturated heterocycles. The Morgan fingerprint density at radius 1 is 1.17 bits per heavy atom. The number of aryl methyl sites for hydroxylation is 1. The fourth-order valence-corrected chi connectivity index (χ4v) is 2.70. The third-order valence-corrected chi connectivity index (χ3v) is 4.16. The predicted molar refractivity (Wildman–Crippen MR) is 100 cm³/mol. The van der Waals surface area contributed by atoms with Gasteiger partial charge in [-0.15, -0.1) is 0 Å². The lowest BCUT2D eigenvalue weighted by Gasteiger charge is -2.13. The molecule has 0 unspecified atom stereocenters. The molecule has 0 saturated carbocycles. The number of Topliss-reactive ketones (excluding diaryl/α,β-unsaturated/α-hetero) is 1. The maximum absolute atomic E-state index is 12.6. The van der Waals surface area contributed by atoms with Crippen LogP contribution in [-0.2, 0) is 14.3 Å². The van der Waals surface area contributed by atoms with E-state index in [1.807, 2.05) is 0 Å². The molecule has 10 heteroatoms. The number of H-pyrrole nitrogens is 1. The van der Waals surface area contributed by atoms with Gasteiger partial charge in [-0.05, 0) is 38.5 Å². The largest absolute Gasteiger partial charge is 0.482 e. The molecule has 1 heterocycles.